The van der Waals surface area contributed by atoms with Gasteiger partial charge in [-0.3, -0.25) is 9.69 Å². The summed E-state index contributed by atoms with van der Waals surface area (Å²) in [6, 6.07) is 14.4. The maximum atomic E-state index is 13.0. The molecule has 1 N–H and O–H groups in total. The molecule has 1 aliphatic carbocycles. The van der Waals surface area contributed by atoms with Crippen molar-refractivity contribution in [3.05, 3.63) is 54.1 Å². The van der Waals surface area contributed by atoms with Crippen LogP contribution in [0.3, 0.4) is 0 Å². The predicted molar refractivity (Wildman–Crippen MR) is 124 cm³/mol. The van der Waals surface area contributed by atoms with Crippen LogP contribution in [0.4, 0.5) is 5.69 Å². The highest BCUT2D eigenvalue weighted by Gasteiger charge is 2.29. The summed E-state index contributed by atoms with van der Waals surface area (Å²) >= 11 is 0. The number of rotatable bonds is 6. The number of ether oxygens (including phenoxy) is 1. The monoisotopic (exact) mass is 457 g/mol. The second kappa shape index (κ2) is 10.0. The summed E-state index contributed by atoms with van der Waals surface area (Å²) in [5.41, 5.74) is 1.65. The van der Waals surface area contributed by atoms with Crippen LogP contribution in [-0.4, -0.2) is 56.3 Å². The molecule has 0 aromatic heterocycles. The molecular formula is C24H31N3O4S. The normalized spacial score (nSPS) is 17.9. The number of carbonyl (C=O) groups excluding carboxylic acids is 1. The summed E-state index contributed by atoms with van der Waals surface area (Å²) in [5.74, 6) is 0.727. The van der Waals surface area contributed by atoms with Gasteiger partial charge in [0.1, 0.15) is 12.4 Å². The Hall–Kier alpha value is -2.42. The first-order valence-electron chi connectivity index (χ1n) is 11.2. The molecule has 1 amide bonds. The number of carbonyl (C=O) groups is 1. The lowest BCUT2D eigenvalue weighted by Crippen LogP contribution is -2.38. The standard InChI is InChI=1S/C24H31N3O4S/c1-26(21-8-3-2-4-9-21)32(29,30)22-13-11-20(12-14-22)25-24(28)18-27-15-16-31-23-10-6-5-7-19(23)17-27/h5-7,10-14,21H,2-4,8-9,15-18H2,1H3,(H,25,28). The van der Waals surface area contributed by atoms with Crippen LogP contribution in [0.25, 0.3) is 0 Å². The third-order valence-electron chi connectivity index (χ3n) is 6.30. The molecule has 2 aromatic carbocycles. The molecule has 7 nitrogen and oxygen atoms in total. The first kappa shape index (κ1) is 22.8. The zero-order valence-corrected chi connectivity index (χ0v) is 19.3. The second-order valence-corrected chi connectivity index (χ2v) is 10.5. The first-order chi connectivity index (χ1) is 15.4. The van der Waals surface area contributed by atoms with Gasteiger partial charge in [-0.2, -0.15) is 4.31 Å². The van der Waals surface area contributed by atoms with Gasteiger partial charge < -0.3 is 10.1 Å². The number of sulfonamides is 1. The van der Waals surface area contributed by atoms with Crippen LogP contribution in [0.5, 0.6) is 5.75 Å². The molecule has 2 aliphatic rings. The molecule has 4 rings (SSSR count). The first-order valence-corrected chi connectivity index (χ1v) is 12.7. The molecule has 172 valence electrons. The lowest BCUT2D eigenvalue weighted by Gasteiger charge is -2.30. The summed E-state index contributed by atoms with van der Waals surface area (Å²) in [5, 5.41) is 2.88. The van der Waals surface area contributed by atoms with Crippen LogP contribution in [0.1, 0.15) is 37.7 Å². The number of anilines is 1. The van der Waals surface area contributed by atoms with Crippen molar-refractivity contribution in [2.75, 3.05) is 32.1 Å². The maximum Gasteiger partial charge on any atom is 0.243 e. The lowest BCUT2D eigenvalue weighted by molar-refractivity contribution is -0.117. The van der Waals surface area contributed by atoms with E-state index >= 15 is 0 Å². The van der Waals surface area contributed by atoms with Gasteiger partial charge in [0.25, 0.3) is 0 Å². The smallest absolute Gasteiger partial charge is 0.243 e. The van der Waals surface area contributed by atoms with Crippen LogP contribution in [0, 0.1) is 0 Å². The highest BCUT2D eigenvalue weighted by molar-refractivity contribution is 7.89. The maximum absolute atomic E-state index is 13.0. The Morgan fingerprint density at radius 1 is 1.09 bits per heavy atom. The van der Waals surface area contributed by atoms with E-state index in [1.54, 1.807) is 31.3 Å². The Labute approximate surface area is 190 Å². The Balaban J connectivity index is 1.35. The number of nitrogens with zero attached hydrogens (tertiary/aromatic N) is 2. The zero-order chi connectivity index (χ0) is 22.6. The Kier molecular flexibility index (Phi) is 7.13. The quantitative estimate of drug-likeness (QED) is 0.719. The van der Waals surface area contributed by atoms with E-state index in [9.17, 15) is 13.2 Å². The number of benzene rings is 2. The number of amides is 1. The molecular weight excluding hydrogens is 426 g/mol. The average Bonchev–Trinajstić information content (AvgIpc) is 3.01. The van der Waals surface area contributed by atoms with Crippen molar-refractivity contribution in [1.29, 1.82) is 0 Å². The van der Waals surface area contributed by atoms with Crippen LogP contribution in [0.2, 0.25) is 0 Å². The van der Waals surface area contributed by atoms with Gasteiger partial charge in [-0.1, -0.05) is 37.5 Å². The van der Waals surface area contributed by atoms with E-state index in [4.69, 9.17) is 4.74 Å². The van der Waals surface area contributed by atoms with Crippen molar-refractivity contribution in [2.24, 2.45) is 0 Å². The fraction of sp³-hybridized carbons (Fsp3) is 0.458. The van der Waals surface area contributed by atoms with Gasteiger partial charge in [0.15, 0.2) is 0 Å². The fourth-order valence-electron chi connectivity index (χ4n) is 4.44. The fourth-order valence-corrected chi connectivity index (χ4v) is 5.85. The summed E-state index contributed by atoms with van der Waals surface area (Å²) in [4.78, 5) is 14.9. The summed E-state index contributed by atoms with van der Waals surface area (Å²) in [6.45, 7) is 2.08. The summed E-state index contributed by atoms with van der Waals surface area (Å²) < 4.78 is 33.2. The Morgan fingerprint density at radius 3 is 2.56 bits per heavy atom. The van der Waals surface area contributed by atoms with E-state index in [1.165, 1.54) is 10.7 Å². The molecule has 0 unspecified atom stereocenters. The number of hydrogen-bond donors (Lipinski definition) is 1. The van der Waals surface area contributed by atoms with Gasteiger partial charge in [0.05, 0.1) is 11.4 Å². The van der Waals surface area contributed by atoms with Crippen LogP contribution < -0.4 is 10.1 Å². The van der Waals surface area contributed by atoms with Crippen LogP contribution >= 0.6 is 0 Å². The summed E-state index contributed by atoms with van der Waals surface area (Å²) in [6.07, 6.45) is 5.15. The SMILES string of the molecule is CN(C1CCCCC1)S(=O)(=O)c1ccc(NC(=O)CN2CCOc3ccccc3C2)cc1. The van der Waals surface area contributed by atoms with Crippen LogP contribution in [-0.2, 0) is 21.4 Å². The molecule has 0 spiro atoms. The number of hydrogen-bond acceptors (Lipinski definition) is 5. The van der Waals surface area contributed by atoms with E-state index in [1.807, 2.05) is 29.2 Å². The molecule has 1 fully saturated rings. The molecule has 0 radical (unpaired) electrons. The van der Waals surface area contributed by atoms with E-state index in [0.29, 0.717) is 25.4 Å². The van der Waals surface area contributed by atoms with Crippen molar-refractivity contribution in [3.63, 3.8) is 0 Å². The van der Waals surface area contributed by atoms with Crippen molar-refractivity contribution < 1.29 is 17.9 Å². The minimum Gasteiger partial charge on any atom is -0.492 e. The minimum absolute atomic E-state index is 0.0656. The van der Waals surface area contributed by atoms with Gasteiger partial charge in [0, 0.05) is 37.4 Å². The minimum atomic E-state index is -3.54. The highest BCUT2D eigenvalue weighted by Crippen LogP contribution is 2.27. The molecule has 8 heteroatoms. The Bertz CT molecular complexity index is 1030. The largest absolute Gasteiger partial charge is 0.492 e. The van der Waals surface area contributed by atoms with E-state index in [-0.39, 0.29) is 23.4 Å². The number of nitrogens with one attached hydrogen (secondary N) is 1. The van der Waals surface area contributed by atoms with E-state index < -0.39 is 10.0 Å². The van der Waals surface area contributed by atoms with Crippen molar-refractivity contribution in [2.45, 2.75) is 49.6 Å². The van der Waals surface area contributed by atoms with Gasteiger partial charge in [0.2, 0.25) is 15.9 Å². The third-order valence-corrected chi connectivity index (χ3v) is 8.23. The van der Waals surface area contributed by atoms with Gasteiger partial charge in [-0.25, -0.2) is 8.42 Å². The van der Waals surface area contributed by atoms with E-state index in [0.717, 1.165) is 37.0 Å². The molecule has 0 atom stereocenters. The molecule has 1 saturated carbocycles. The second-order valence-electron chi connectivity index (χ2n) is 8.55. The average molecular weight is 458 g/mol. The number of fused-ring (bicyclic) bond motifs is 1. The summed E-state index contributed by atoms with van der Waals surface area (Å²) in [7, 11) is -1.87. The molecule has 2 aromatic rings. The van der Waals surface area contributed by atoms with Crippen LogP contribution in [0.15, 0.2) is 53.4 Å². The van der Waals surface area contributed by atoms with Crippen molar-refractivity contribution in [1.82, 2.24) is 9.21 Å². The Morgan fingerprint density at radius 2 is 1.81 bits per heavy atom. The highest BCUT2D eigenvalue weighted by atomic mass is 32.2. The van der Waals surface area contributed by atoms with Crippen molar-refractivity contribution >= 4 is 21.6 Å². The van der Waals surface area contributed by atoms with Gasteiger partial charge in [-0.05, 0) is 43.2 Å². The topological polar surface area (TPSA) is 79.0 Å². The zero-order valence-electron chi connectivity index (χ0n) is 18.5. The molecule has 32 heavy (non-hydrogen) atoms. The van der Waals surface area contributed by atoms with Gasteiger partial charge in [-0.15, -0.1) is 0 Å². The van der Waals surface area contributed by atoms with Crippen molar-refractivity contribution in [3.8, 4) is 5.75 Å². The lowest BCUT2D eigenvalue weighted by atomic mass is 9.96. The molecule has 0 bridgehead atoms. The number of para-hydroxylation sites is 1. The molecule has 0 saturated heterocycles. The van der Waals surface area contributed by atoms with Gasteiger partial charge >= 0.3 is 0 Å². The molecule has 1 aliphatic heterocycles. The van der Waals surface area contributed by atoms with E-state index in [2.05, 4.69) is 5.32 Å². The molecule has 1 heterocycles. The third kappa shape index (κ3) is 5.31. The predicted octanol–water partition coefficient (Wildman–Crippen LogP) is 3.47.